The van der Waals surface area contributed by atoms with Crippen LogP contribution < -0.4 is 0 Å². The summed E-state index contributed by atoms with van der Waals surface area (Å²) in [7, 11) is -0.0733. The van der Waals surface area contributed by atoms with Crippen LogP contribution in [0.3, 0.4) is 0 Å². The van der Waals surface area contributed by atoms with Crippen LogP contribution in [-0.2, 0) is 0 Å². The Balaban J connectivity index is 2.69. The highest BCUT2D eigenvalue weighted by molar-refractivity contribution is 7.54. The number of hydrogen-bond donors (Lipinski definition) is 0. The minimum atomic E-state index is -0.0733. The van der Waals surface area contributed by atoms with Crippen molar-refractivity contribution in [3.05, 3.63) is 36.0 Å². The van der Waals surface area contributed by atoms with Crippen LogP contribution in [0.5, 0.6) is 0 Å². The second-order valence-electron chi connectivity index (χ2n) is 4.44. The van der Waals surface area contributed by atoms with Gasteiger partial charge >= 0.3 is 0 Å². The molecule has 0 fully saturated rings. The van der Waals surface area contributed by atoms with Crippen LogP contribution in [0.1, 0.15) is 25.3 Å². The number of fused-ring (bicyclic) bond motifs is 1. The Morgan fingerprint density at radius 2 is 1.87 bits per heavy atom. The summed E-state index contributed by atoms with van der Waals surface area (Å²) in [5.74, 6) is 0.601. The fraction of sp³-hybridized carbons (Fsp3) is 0.385. The highest BCUT2D eigenvalue weighted by Gasteiger charge is 2.09. The van der Waals surface area contributed by atoms with Gasteiger partial charge in [-0.3, -0.25) is 0 Å². The molecule has 0 unspecified atom stereocenters. The summed E-state index contributed by atoms with van der Waals surface area (Å²) in [6.07, 6.45) is 2.22. The van der Waals surface area contributed by atoms with Crippen LogP contribution in [0.2, 0.25) is 0 Å². The minimum absolute atomic E-state index is 0.0733. The first kappa shape index (κ1) is 10.7. The lowest BCUT2D eigenvalue weighted by molar-refractivity contribution is 0.876. The van der Waals surface area contributed by atoms with E-state index in [2.05, 4.69) is 62.0 Å². The van der Waals surface area contributed by atoms with Crippen LogP contribution in [0.25, 0.3) is 10.9 Å². The maximum absolute atomic E-state index is 2.40. The molecule has 0 aliphatic rings. The first-order valence-corrected chi connectivity index (χ1v) is 7.57. The monoisotopic (exact) mass is 219 g/mol. The summed E-state index contributed by atoms with van der Waals surface area (Å²) in [5.41, 5.74) is 2.85. The van der Waals surface area contributed by atoms with Gasteiger partial charge in [0.15, 0.2) is 0 Å². The average molecular weight is 219 g/mol. The Kier molecular flexibility index (Phi) is 2.84. The SMILES string of the molecule is CC(C)c1cccc2c1ccn2P(C)C. The van der Waals surface area contributed by atoms with Crippen molar-refractivity contribution in [2.75, 3.05) is 13.3 Å². The number of nitrogens with zero attached hydrogens (tertiary/aromatic N) is 1. The standard InChI is InChI=1S/C13H18NP/c1-10(2)11-6-5-7-13-12(11)8-9-14(13)15(3)4/h5-10H,1-4H3. The lowest BCUT2D eigenvalue weighted by atomic mass is 10.00. The number of rotatable bonds is 2. The van der Waals surface area contributed by atoms with E-state index in [-0.39, 0.29) is 8.07 Å². The van der Waals surface area contributed by atoms with Gasteiger partial charge in [0.2, 0.25) is 0 Å². The van der Waals surface area contributed by atoms with Gasteiger partial charge in [-0.2, -0.15) is 0 Å². The molecule has 1 heterocycles. The Morgan fingerprint density at radius 3 is 2.47 bits per heavy atom. The molecule has 0 bridgehead atoms. The van der Waals surface area contributed by atoms with Gasteiger partial charge in [0.25, 0.3) is 0 Å². The molecule has 0 spiro atoms. The largest absolute Gasteiger partial charge is 0.326 e. The highest BCUT2D eigenvalue weighted by Crippen LogP contribution is 2.35. The maximum atomic E-state index is 2.40. The molecule has 0 saturated carbocycles. The van der Waals surface area contributed by atoms with Gasteiger partial charge in [0, 0.05) is 11.6 Å². The van der Waals surface area contributed by atoms with Gasteiger partial charge in [-0.25, -0.2) is 0 Å². The molecule has 2 aromatic rings. The van der Waals surface area contributed by atoms with E-state index in [4.69, 9.17) is 0 Å². The molecule has 0 N–H and O–H groups in total. The highest BCUT2D eigenvalue weighted by atomic mass is 31.1. The average Bonchev–Trinajstić information content (AvgIpc) is 2.59. The van der Waals surface area contributed by atoms with Gasteiger partial charge in [0.1, 0.15) is 0 Å². The van der Waals surface area contributed by atoms with Crippen molar-refractivity contribution in [2.24, 2.45) is 0 Å². The fourth-order valence-corrected chi connectivity index (χ4v) is 2.97. The molecule has 0 radical (unpaired) electrons. The quantitative estimate of drug-likeness (QED) is 0.665. The molecule has 1 aromatic carbocycles. The summed E-state index contributed by atoms with van der Waals surface area (Å²) in [6, 6.07) is 8.90. The summed E-state index contributed by atoms with van der Waals surface area (Å²) < 4.78 is 2.40. The van der Waals surface area contributed by atoms with E-state index >= 15 is 0 Å². The smallest absolute Gasteiger partial charge is 0.0517 e. The summed E-state index contributed by atoms with van der Waals surface area (Å²) in [6.45, 7) is 9.09. The van der Waals surface area contributed by atoms with Crippen molar-refractivity contribution >= 4 is 19.0 Å². The van der Waals surface area contributed by atoms with Gasteiger partial charge in [0.05, 0.1) is 5.52 Å². The Labute approximate surface area is 92.9 Å². The van der Waals surface area contributed by atoms with E-state index in [1.807, 2.05) is 0 Å². The maximum Gasteiger partial charge on any atom is 0.0517 e. The van der Waals surface area contributed by atoms with Crippen molar-refractivity contribution in [2.45, 2.75) is 19.8 Å². The number of benzene rings is 1. The Morgan fingerprint density at radius 1 is 1.13 bits per heavy atom. The molecule has 0 aliphatic heterocycles. The van der Waals surface area contributed by atoms with Crippen molar-refractivity contribution in [3.63, 3.8) is 0 Å². The van der Waals surface area contributed by atoms with Crippen molar-refractivity contribution in [1.82, 2.24) is 4.34 Å². The second kappa shape index (κ2) is 3.98. The van der Waals surface area contributed by atoms with Gasteiger partial charge in [-0.1, -0.05) is 26.0 Å². The normalized spacial score (nSPS) is 11.9. The van der Waals surface area contributed by atoms with Crippen LogP contribution in [0.4, 0.5) is 0 Å². The van der Waals surface area contributed by atoms with E-state index in [1.165, 1.54) is 16.5 Å². The summed E-state index contributed by atoms with van der Waals surface area (Å²) >= 11 is 0. The first-order chi connectivity index (χ1) is 7.11. The second-order valence-corrected chi connectivity index (χ2v) is 6.57. The van der Waals surface area contributed by atoms with Gasteiger partial charge in [-0.15, -0.1) is 0 Å². The molecule has 0 aliphatic carbocycles. The van der Waals surface area contributed by atoms with Crippen LogP contribution in [0.15, 0.2) is 30.5 Å². The molecule has 0 amide bonds. The van der Waals surface area contributed by atoms with Crippen LogP contribution in [-0.4, -0.2) is 17.7 Å². The molecule has 80 valence electrons. The van der Waals surface area contributed by atoms with E-state index in [1.54, 1.807) is 0 Å². The number of aromatic nitrogens is 1. The summed E-state index contributed by atoms with van der Waals surface area (Å²) in [4.78, 5) is 0. The fourth-order valence-electron chi connectivity index (χ4n) is 2.03. The van der Waals surface area contributed by atoms with E-state index in [9.17, 15) is 0 Å². The van der Waals surface area contributed by atoms with Crippen molar-refractivity contribution < 1.29 is 0 Å². The van der Waals surface area contributed by atoms with Crippen molar-refractivity contribution in [3.8, 4) is 0 Å². The van der Waals surface area contributed by atoms with E-state index in [0.29, 0.717) is 5.92 Å². The third kappa shape index (κ3) is 1.81. The van der Waals surface area contributed by atoms with Crippen LogP contribution >= 0.6 is 8.07 Å². The van der Waals surface area contributed by atoms with Gasteiger partial charge in [-0.05, 0) is 45.0 Å². The zero-order valence-electron chi connectivity index (χ0n) is 9.86. The number of hydrogen-bond acceptors (Lipinski definition) is 0. The zero-order valence-corrected chi connectivity index (χ0v) is 10.8. The first-order valence-electron chi connectivity index (χ1n) is 5.39. The third-order valence-electron chi connectivity index (χ3n) is 2.80. The predicted molar refractivity (Wildman–Crippen MR) is 70.2 cm³/mol. The lowest BCUT2D eigenvalue weighted by Crippen LogP contribution is -1.90. The molecular formula is C13H18NP. The Hall–Kier alpha value is -0.810. The molecule has 2 heteroatoms. The third-order valence-corrected chi connectivity index (χ3v) is 4.01. The van der Waals surface area contributed by atoms with E-state index < -0.39 is 0 Å². The molecule has 0 atom stereocenters. The minimum Gasteiger partial charge on any atom is -0.326 e. The zero-order chi connectivity index (χ0) is 11.0. The molecule has 2 rings (SSSR count). The molecular weight excluding hydrogens is 201 g/mol. The van der Waals surface area contributed by atoms with Crippen molar-refractivity contribution in [1.29, 1.82) is 0 Å². The Bertz CT molecular complexity index is 468. The van der Waals surface area contributed by atoms with Crippen LogP contribution in [0, 0.1) is 0 Å². The molecule has 1 nitrogen and oxygen atoms in total. The van der Waals surface area contributed by atoms with E-state index in [0.717, 1.165) is 0 Å². The molecule has 1 aromatic heterocycles. The molecule has 0 saturated heterocycles. The van der Waals surface area contributed by atoms with Gasteiger partial charge < -0.3 is 4.34 Å². The summed E-state index contributed by atoms with van der Waals surface area (Å²) in [5, 5.41) is 1.42. The lowest BCUT2D eigenvalue weighted by Gasteiger charge is -2.11. The molecule has 15 heavy (non-hydrogen) atoms. The topological polar surface area (TPSA) is 4.93 Å². The predicted octanol–water partition coefficient (Wildman–Crippen LogP) is 4.27.